The van der Waals surface area contributed by atoms with Gasteiger partial charge in [-0.1, -0.05) is 25.6 Å². The van der Waals surface area contributed by atoms with Crippen LogP contribution in [0.3, 0.4) is 0 Å². The summed E-state index contributed by atoms with van der Waals surface area (Å²) in [6.07, 6.45) is -1.66. The average molecular weight is 419 g/mol. The summed E-state index contributed by atoms with van der Waals surface area (Å²) in [7, 11) is 0. The Morgan fingerprint density at radius 1 is 1.21 bits per heavy atom. The Morgan fingerprint density at radius 2 is 1.89 bits per heavy atom. The van der Waals surface area contributed by atoms with E-state index in [9.17, 15) is 24.3 Å². The number of ketones is 1. The van der Waals surface area contributed by atoms with Gasteiger partial charge in [0, 0.05) is 44.0 Å². The molecule has 160 valence electrons. The summed E-state index contributed by atoms with van der Waals surface area (Å²) in [5.41, 5.74) is -0.540. The van der Waals surface area contributed by atoms with Crippen molar-refractivity contribution in [1.29, 1.82) is 0 Å². The highest BCUT2D eigenvalue weighted by Gasteiger charge is 2.42. The maximum atomic E-state index is 12.5. The summed E-state index contributed by atoms with van der Waals surface area (Å²) in [5.74, 6) is -0.812. The predicted octanol–water partition coefficient (Wildman–Crippen LogP) is -0.00370. The van der Waals surface area contributed by atoms with Crippen LogP contribution in [-0.4, -0.2) is 71.8 Å². The molecule has 10 heteroatoms. The molecule has 3 atom stereocenters. The van der Waals surface area contributed by atoms with Crippen molar-refractivity contribution >= 4 is 34.5 Å². The molecule has 2 amide bonds. The van der Waals surface area contributed by atoms with Crippen molar-refractivity contribution in [3.05, 3.63) is 0 Å². The van der Waals surface area contributed by atoms with E-state index in [0.29, 0.717) is 12.4 Å². The van der Waals surface area contributed by atoms with E-state index in [2.05, 4.69) is 10.6 Å². The van der Waals surface area contributed by atoms with Crippen molar-refractivity contribution in [2.24, 2.45) is 5.41 Å². The van der Waals surface area contributed by atoms with Crippen LogP contribution in [0, 0.1) is 5.41 Å². The van der Waals surface area contributed by atoms with Gasteiger partial charge in [0.15, 0.2) is 6.29 Å². The molecule has 0 aromatic carbocycles. The van der Waals surface area contributed by atoms with Crippen molar-refractivity contribution in [3.8, 4) is 0 Å². The van der Waals surface area contributed by atoms with Gasteiger partial charge in [-0.2, -0.15) is 0 Å². The molecule has 1 aliphatic heterocycles. The number of hydrogen-bond acceptors (Lipinski definition) is 8. The minimum Gasteiger partial charge on any atom is -0.393 e. The second kappa shape index (κ2) is 11.5. The average Bonchev–Trinajstić information content (AvgIpc) is 2.59. The van der Waals surface area contributed by atoms with Gasteiger partial charge in [0.1, 0.15) is 6.10 Å². The molecule has 0 aliphatic carbocycles. The van der Waals surface area contributed by atoms with Gasteiger partial charge in [-0.3, -0.25) is 19.2 Å². The van der Waals surface area contributed by atoms with Crippen LogP contribution in [0.4, 0.5) is 0 Å². The zero-order chi connectivity index (χ0) is 21.3. The minimum absolute atomic E-state index is 0.0812. The number of amides is 2. The standard InChI is InChI=1S/C18H30N2O7S/c1-11(21)9-14-26-10-18(3,4)15(27-14)16(24)20-6-5-13(23)19-7-8-28-17(25)12(2)22/h11,14-15,21H,5-10H2,1-4H3,(H,19,23)(H,20,24)/t11?,14?,15-/m0/s1. The zero-order valence-electron chi connectivity index (χ0n) is 16.8. The number of thioether (sulfide) groups is 1. The highest BCUT2D eigenvalue weighted by molar-refractivity contribution is 8.15. The highest BCUT2D eigenvalue weighted by atomic mass is 32.2. The van der Waals surface area contributed by atoms with Gasteiger partial charge >= 0.3 is 0 Å². The number of Topliss-reactive ketones (excluding diaryl/α,β-unsaturated/α-hetero) is 1. The van der Waals surface area contributed by atoms with E-state index in [1.165, 1.54) is 6.92 Å². The molecule has 0 aromatic rings. The quantitative estimate of drug-likeness (QED) is 0.334. The topological polar surface area (TPSA) is 131 Å². The first-order valence-corrected chi connectivity index (χ1v) is 10.2. The van der Waals surface area contributed by atoms with Gasteiger partial charge < -0.3 is 25.2 Å². The number of aliphatic hydroxyl groups excluding tert-OH is 1. The van der Waals surface area contributed by atoms with Crippen molar-refractivity contribution in [2.75, 3.05) is 25.4 Å². The Balaban J connectivity index is 2.32. The molecule has 9 nitrogen and oxygen atoms in total. The maximum absolute atomic E-state index is 12.5. The van der Waals surface area contributed by atoms with E-state index >= 15 is 0 Å². The third-order valence-corrected chi connectivity index (χ3v) is 4.96. The summed E-state index contributed by atoms with van der Waals surface area (Å²) < 4.78 is 11.2. The van der Waals surface area contributed by atoms with Gasteiger partial charge in [0.25, 0.3) is 5.12 Å². The summed E-state index contributed by atoms with van der Waals surface area (Å²) in [5, 5.41) is 14.2. The summed E-state index contributed by atoms with van der Waals surface area (Å²) in [6.45, 7) is 7.24. The largest absolute Gasteiger partial charge is 0.393 e. The fraction of sp³-hybridized carbons (Fsp3) is 0.778. The zero-order valence-corrected chi connectivity index (χ0v) is 17.6. The lowest BCUT2D eigenvalue weighted by molar-refractivity contribution is -0.260. The Bertz CT molecular complexity index is 580. The first-order valence-electron chi connectivity index (χ1n) is 9.20. The van der Waals surface area contributed by atoms with Crippen LogP contribution in [0.25, 0.3) is 0 Å². The Kier molecular flexibility index (Phi) is 10.1. The third-order valence-electron chi connectivity index (χ3n) is 4.01. The molecule has 1 heterocycles. The van der Waals surface area contributed by atoms with E-state index in [1.807, 2.05) is 13.8 Å². The normalized spacial score (nSPS) is 22.2. The molecule has 3 N–H and O–H groups in total. The van der Waals surface area contributed by atoms with E-state index in [-0.39, 0.29) is 37.7 Å². The van der Waals surface area contributed by atoms with Crippen molar-refractivity contribution in [3.63, 3.8) is 0 Å². The lowest BCUT2D eigenvalue weighted by Crippen LogP contribution is -2.54. The van der Waals surface area contributed by atoms with Crippen LogP contribution in [0.2, 0.25) is 0 Å². The molecule has 1 aliphatic rings. The molecule has 1 rings (SSSR count). The molecule has 0 saturated carbocycles. The lowest BCUT2D eigenvalue weighted by atomic mass is 9.85. The second-order valence-electron chi connectivity index (χ2n) is 7.41. The van der Waals surface area contributed by atoms with Crippen LogP contribution < -0.4 is 10.6 Å². The smallest absolute Gasteiger partial charge is 0.254 e. The Morgan fingerprint density at radius 3 is 2.50 bits per heavy atom. The molecule has 0 bridgehead atoms. The molecular weight excluding hydrogens is 388 g/mol. The number of aliphatic hydroxyl groups is 1. The molecule has 28 heavy (non-hydrogen) atoms. The SMILES string of the molecule is CC(=O)C(=O)SCCNC(=O)CCNC(=O)[C@@H]1OC(CC(C)O)OCC1(C)C. The summed E-state index contributed by atoms with van der Waals surface area (Å²) >= 11 is 0.859. The maximum Gasteiger partial charge on any atom is 0.254 e. The third kappa shape index (κ3) is 8.68. The van der Waals surface area contributed by atoms with Crippen molar-refractivity contribution in [1.82, 2.24) is 10.6 Å². The fourth-order valence-electron chi connectivity index (χ4n) is 2.49. The summed E-state index contributed by atoms with van der Waals surface area (Å²) in [4.78, 5) is 46.2. The number of carbonyl (C=O) groups excluding carboxylic acids is 4. The van der Waals surface area contributed by atoms with E-state index in [1.54, 1.807) is 6.92 Å². The van der Waals surface area contributed by atoms with Crippen molar-refractivity contribution in [2.45, 2.75) is 59.0 Å². The lowest BCUT2D eigenvalue weighted by Gasteiger charge is -2.41. The number of nitrogens with one attached hydrogen (secondary N) is 2. The number of ether oxygens (including phenoxy) is 2. The molecule has 1 saturated heterocycles. The monoisotopic (exact) mass is 418 g/mol. The fourth-order valence-corrected chi connectivity index (χ4v) is 3.09. The van der Waals surface area contributed by atoms with Crippen LogP contribution >= 0.6 is 11.8 Å². The van der Waals surface area contributed by atoms with E-state index < -0.39 is 34.8 Å². The van der Waals surface area contributed by atoms with Crippen molar-refractivity contribution < 1.29 is 33.8 Å². The van der Waals surface area contributed by atoms with Crippen LogP contribution in [0.1, 0.15) is 40.5 Å². The van der Waals surface area contributed by atoms with Crippen LogP contribution in [0.15, 0.2) is 0 Å². The summed E-state index contributed by atoms with van der Waals surface area (Å²) in [6, 6.07) is 0. The van der Waals surface area contributed by atoms with E-state index in [0.717, 1.165) is 11.8 Å². The molecule has 0 aromatic heterocycles. The van der Waals surface area contributed by atoms with Gasteiger partial charge in [0.2, 0.25) is 17.6 Å². The van der Waals surface area contributed by atoms with Crippen LogP contribution in [-0.2, 0) is 28.7 Å². The Hall–Kier alpha value is -1.49. The number of carbonyl (C=O) groups is 4. The Labute approximate surface area is 169 Å². The first-order chi connectivity index (χ1) is 13.0. The number of hydrogen-bond donors (Lipinski definition) is 3. The predicted molar refractivity (Wildman–Crippen MR) is 103 cm³/mol. The first kappa shape index (κ1) is 24.5. The number of rotatable bonds is 10. The second-order valence-corrected chi connectivity index (χ2v) is 8.48. The molecule has 1 fully saturated rings. The highest BCUT2D eigenvalue weighted by Crippen LogP contribution is 2.31. The molecule has 2 unspecified atom stereocenters. The molecular formula is C18H30N2O7S. The van der Waals surface area contributed by atoms with Gasteiger partial charge in [-0.05, 0) is 6.92 Å². The van der Waals surface area contributed by atoms with Gasteiger partial charge in [-0.15, -0.1) is 0 Å². The molecule has 0 spiro atoms. The minimum atomic E-state index is -0.748. The van der Waals surface area contributed by atoms with Gasteiger partial charge in [-0.25, -0.2) is 0 Å². The molecule has 0 radical (unpaired) electrons. The van der Waals surface area contributed by atoms with Gasteiger partial charge in [0.05, 0.1) is 12.7 Å². The van der Waals surface area contributed by atoms with E-state index in [4.69, 9.17) is 9.47 Å². The van der Waals surface area contributed by atoms with Crippen LogP contribution in [0.5, 0.6) is 0 Å².